The van der Waals surface area contributed by atoms with Crippen LogP contribution in [0.1, 0.15) is 0 Å². The van der Waals surface area contributed by atoms with Crippen LogP contribution >= 0.6 is 0 Å². The molecule has 0 unspecified atom stereocenters. The highest BCUT2D eigenvalue weighted by Gasteiger charge is 2.16. The molecule has 0 amide bonds. The van der Waals surface area contributed by atoms with Gasteiger partial charge in [0.2, 0.25) is 0 Å². The van der Waals surface area contributed by atoms with E-state index in [1.807, 2.05) is 35.0 Å². The molecule has 2 aromatic heterocycles. The first-order valence-electron chi connectivity index (χ1n) is 10.6. The third-order valence-corrected chi connectivity index (χ3v) is 5.60. The fourth-order valence-electron chi connectivity index (χ4n) is 3.78. The van der Waals surface area contributed by atoms with Gasteiger partial charge in [0.25, 0.3) is 5.56 Å². The molecule has 8 nitrogen and oxygen atoms in total. The maximum absolute atomic E-state index is 14.8. The Balaban J connectivity index is 1.32. The van der Waals surface area contributed by atoms with Gasteiger partial charge in [0.15, 0.2) is 0 Å². The summed E-state index contributed by atoms with van der Waals surface area (Å²) in [5, 5.41) is 0.446. The number of halogens is 1. The highest BCUT2D eigenvalue weighted by atomic mass is 19.1. The van der Waals surface area contributed by atoms with Gasteiger partial charge in [0.1, 0.15) is 11.6 Å². The van der Waals surface area contributed by atoms with Gasteiger partial charge in [0, 0.05) is 37.7 Å². The molecule has 1 N–H and O–H groups in total. The molecule has 0 atom stereocenters. The summed E-state index contributed by atoms with van der Waals surface area (Å²) in [6.07, 6.45) is 3.05. The van der Waals surface area contributed by atoms with Gasteiger partial charge < -0.3 is 19.3 Å². The average molecular weight is 447 g/mol. The topological polar surface area (TPSA) is 83.6 Å². The lowest BCUT2D eigenvalue weighted by molar-refractivity contribution is 0.122. The molecule has 0 bridgehead atoms. The highest BCUT2D eigenvalue weighted by Crippen LogP contribution is 2.30. The van der Waals surface area contributed by atoms with Crippen LogP contribution in [0.4, 0.5) is 21.5 Å². The van der Waals surface area contributed by atoms with E-state index in [1.165, 1.54) is 18.5 Å². The number of hydrogen-bond acceptors (Lipinski definition) is 7. The van der Waals surface area contributed by atoms with E-state index in [0.717, 1.165) is 11.4 Å². The van der Waals surface area contributed by atoms with E-state index in [-0.39, 0.29) is 17.4 Å². The van der Waals surface area contributed by atoms with Crippen LogP contribution in [0.5, 0.6) is 11.8 Å². The second kappa shape index (κ2) is 8.87. The Hall–Kier alpha value is -3.98. The van der Waals surface area contributed by atoms with E-state index in [0.29, 0.717) is 48.6 Å². The Kier molecular flexibility index (Phi) is 5.62. The number of anilines is 3. The van der Waals surface area contributed by atoms with Crippen LogP contribution in [0.3, 0.4) is 0 Å². The first-order chi connectivity index (χ1) is 16.1. The Morgan fingerprint density at radius 3 is 2.61 bits per heavy atom. The first-order valence-corrected chi connectivity index (χ1v) is 10.6. The zero-order valence-electron chi connectivity index (χ0n) is 18.0. The molecule has 4 aromatic rings. The summed E-state index contributed by atoms with van der Waals surface area (Å²) in [6.45, 7) is 2.58. The Labute approximate surface area is 189 Å². The molecule has 0 aliphatic carbocycles. The Bertz CT molecular complexity index is 1340. The van der Waals surface area contributed by atoms with Crippen molar-refractivity contribution in [1.82, 2.24) is 15.0 Å². The van der Waals surface area contributed by atoms with Crippen molar-refractivity contribution in [1.29, 1.82) is 0 Å². The highest BCUT2D eigenvalue weighted by molar-refractivity contribution is 5.76. The number of H-pyrrole nitrogens is 1. The fraction of sp³-hybridized carbons (Fsp3) is 0.208. The number of ether oxygens (including phenoxy) is 2. The normalized spacial score (nSPS) is 13.8. The number of nitrogens with zero attached hydrogens (tertiary/aromatic N) is 4. The number of aromatic nitrogens is 3. The standard InChI is InChI=1S/C24H22FN5O3/c1-29(17-4-7-22(20(25)14-17)30-10-12-32-13-11-30)16-2-5-18(6-3-16)33-24-27-21-15-26-9-8-19(21)23(31)28-24/h2-9,14-15H,10-13H2,1H3,(H,27,28,31). The summed E-state index contributed by atoms with van der Waals surface area (Å²) in [4.78, 5) is 27.0. The molecule has 5 rings (SSSR count). The lowest BCUT2D eigenvalue weighted by Gasteiger charge is -2.29. The van der Waals surface area contributed by atoms with Crippen molar-refractivity contribution in [2.45, 2.75) is 0 Å². The maximum Gasteiger partial charge on any atom is 0.302 e. The minimum absolute atomic E-state index is 0.0855. The van der Waals surface area contributed by atoms with Crippen LogP contribution < -0.4 is 20.1 Å². The monoisotopic (exact) mass is 447 g/mol. The molecular weight excluding hydrogens is 425 g/mol. The minimum Gasteiger partial charge on any atom is -0.426 e. The van der Waals surface area contributed by atoms with Crippen molar-refractivity contribution in [3.63, 3.8) is 0 Å². The van der Waals surface area contributed by atoms with Gasteiger partial charge in [-0.05, 0) is 48.5 Å². The summed E-state index contributed by atoms with van der Waals surface area (Å²) in [5.74, 6) is 0.245. The summed E-state index contributed by atoms with van der Waals surface area (Å²) in [5.41, 5.74) is 2.33. The number of aromatic amines is 1. The SMILES string of the molecule is CN(c1ccc(Oc2nc3cnccc3c(=O)[nH]2)cc1)c1ccc(N2CCOCC2)c(F)c1. The third-order valence-electron chi connectivity index (χ3n) is 5.60. The van der Waals surface area contributed by atoms with Gasteiger partial charge in [-0.2, -0.15) is 4.98 Å². The molecule has 1 aliphatic rings. The number of fused-ring (bicyclic) bond motifs is 1. The van der Waals surface area contributed by atoms with Crippen LogP contribution in [0.2, 0.25) is 0 Å². The van der Waals surface area contributed by atoms with E-state index in [9.17, 15) is 9.18 Å². The molecule has 1 fully saturated rings. The van der Waals surface area contributed by atoms with Gasteiger partial charge in [-0.1, -0.05) is 0 Å². The van der Waals surface area contributed by atoms with Crippen molar-refractivity contribution in [2.24, 2.45) is 0 Å². The molecule has 0 radical (unpaired) electrons. The lowest BCUT2D eigenvalue weighted by atomic mass is 10.2. The number of benzene rings is 2. The van der Waals surface area contributed by atoms with Crippen molar-refractivity contribution in [3.05, 3.63) is 77.1 Å². The number of nitrogens with one attached hydrogen (secondary N) is 1. The van der Waals surface area contributed by atoms with Gasteiger partial charge in [-0.15, -0.1) is 0 Å². The molecule has 1 aliphatic heterocycles. The van der Waals surface area contributed by atoms with Gasteiger partial charge >= 0.3 is 6.01 Å². The van der Waals surface area contributed by atoms with Crippen molar-refractivity contribution < 1.29 is 13.9 Å². The second-order valence-electron chi connectivity index (χ2n) is 7.65. The summed E-state index contributed by atoms with van der Waals surface area (Å²) >= 11 is 0. The Morgan fingerprint density at radius 1 is 1.09 bits per heavy atom. The van der Waals surface area contributed by atoms with Crippen LogP contribution in [0.25, 0.3) is 10.9 Å². The molecule has 0 spiro atoms. The molecular formula is C24H22FN5O3. The largest absolute Gasteiger partial charge is 0.426 e. The number of rotatable bonds is 5. The average Bonchev–Trinajstić information content (AvgIpc) is 2.84. The van der Waals surface area contributed by atoms with Crippen LogP contribution in [-0.4, -0.2) is 48.3 Å². The smallest absolute Gasteiger partial charge is 0.302 e. The van der Waals surface area contributed by atoms with Gasteiger partial charge in [-0.25, -0.2) is 4.39 Å². The number of hydrogen-bond donors (Lipinski definition) is 1. The number of pyridine rings is 1. The van der Waals surface area contributed by atoms with Crippen LogP contribution in [0, 0.1) is 5.82 Å². The molecule has 3 heterocycles. The summed E-state index contributed by atoms with van der Waals surface area (Å²) in [7, 11) is 1.87. The van der Waals surface area contributed by atoms with E-state index >= 15 is 0 Å². The van der Waals surface area contributed by atoms with Gasteiger partial charge in [0.05, 0.1) is 36.0 Å². The molecule has 33 heavy (non-hydrogen) atoms. The minimum atomic E-state index is -0.295. The summed E-state index contributed by atoms with van der Waals surface area (Å²) < 4.78 is 25.9. The first kappa shape index (κ1) is 20.9. The molecule has 0 saturated carbocycles. The zero-order valence-corrected chi connectivity index (χ0v) is 18.0. The zero-order chi connectivity index (χ0) is 22.8. The van der Waals surface area contributed by atoms with E-state index in [2.05, 4.69) is 15.0 Å². The quantitative estimate of drug-likeness (QED) is 0.497. The molecule has 2 aromatic carbocycles. The van der Waals surface area contributed by atoms with Crippen LogP contribution in [-0.2, 0) is 4.74 Å². The van der Waals surface area contributed by atoms with Crippen molar-refractivity contribution >= 4 is 28.0 Å². The fourth-order valence-corrected chi connectivity index (χ4v) is 3.78. The number of morpholine rings is 1. The lowest BCUT2D eigenvalue weighted by Crippen LogP contribution is -2.36. The molecule has 168 valence electrons. The third kappa shape index (κ3) is 4.35. The Morgan fingerprint density at radius 2 is 1.85 bits per heavy atom. The van der Waals surface area contributed by atoms with Gasteiger partial charge in [-0.3, -0.25) is 14.8 Å². The van der Waals surface area contributed by atoms with Crippen molar-refractivity contribution in [2.75, 3.05) is 43.2 Å². The summed E-state index contributed by atoms with van der Waals surface area (Å²) in [6, 6.07) is 14.2. The second-order valence-corrected chi connectivity index (χ2v) is 7.65. The van der Waals surface area contributed by atoms with Crippen LogP contribution in [0.15, 0.2) is 65.7 Å². The van der Waals surface area contributed by atoms with E-state index < -0.39 is 0 Å². The van der Waals surface area contributed by atoms with E-state index in [4.69, 9.17) is 9.47 Å². The predicted octanol–water partition coefficient (Wildman–Crippen LogP) is 3.85. The maximum atomic E-state index is 14.8. The van der Waals surface area contributed by atoms with Crippen molar-refractivity contribution in [3.8, 4) is 11.8 Å². The predicted molar refractivity (Wildman–Crippen MR) is 124 cm³/mol. The molecule has 9 heteroatoms. The van der Waals surface area contributed by atoms with E-state index in [1.54, 1.807) is 24.3 Å². The molecule has 1 saturated heterocycles.